The van der Waals surface area contributed by atoms with Crippen molar-refractivity contribution in [3.63, 3.8) is 0 Å². The number of aryl methyl sites for hydroxylation is 2. The van der Waals surface area contributed by atoms with Crippen molar-refractivity contribution in [1.29, 1.82) is 0 Å². The third-order valence-corrected chi connectivity index (χ3v) is 8.88. The number of phenolic OH excluding ortho intramolecular Hbond substituents is 2. The van der Waals surface area contributed by atoms with Gasteiger partial charge in [0.25, 0.3) is 17.0 Å². The van der Waals surface area contributed by atoms with E-state index in [1.807, 2.05) is 50.2 Å². The molecule has 2 N–H and O–H groups in total. The Morgan fingerprint density at radius 3 is 1.76 bits per heavy atom. The Hall–Kier alpha value is -5.63. The molecule has 8 nitrogen and oxygen atoms in total. The molecule has 1 amide bonds. The van der Waals surface area contributed by atoms with Crippen molar-refractivity contribution in [3.05, 3.63) is 135 Å². The van der Waals surface area contributed by atoms with Gasteiger partial charge in [0.1, 0.15) is 11.5 Å². The Morgan fingerprint density at radius 2 is 1.22 bits per heavy atom. The summed E-state index contributed by atoms with van der Waals surface area (Å²) in [6.07, 6.45) is 6.14. The zero-order chi connectivity index (χ0) is 31.4. The predicted molar refractivity (Wildman–Crippen MR) is 176 cm³/mol. The number of nitrogens with zero attached hydrogens (tertiary/aromatic N) is 3. The molecule has 1 saturated carbocycles. The minimum atomic E-state index is -0.288. The van der Waals surface area contributed by atoms with Gasteiger partial charge < -0.3 is 15.1 Å². The summed E-state index contributed by atoms with van der Waals surface area (Å²) in [5.74, 6) is -0.167. The molecule has 45 heavy (non-hydrogen) atoms. The molecule has 0 saturated heterocycles. The Labute approximate surface area is 258 Å². The third-order valence-electron chi connectivity index (χ3n) is 8.88. The molecule has 0 spiro atoms. The Balaban J connectivity index is 1.32. The van der Waals surface area contributed by atoms with Gasteiger partial charge in [-0.3, -0.25) is 23.5 Å². The van der Waals surface area contributed by atoms with Crippen molar-refractivity contribution >= 4 is 33.1 Å². The Kier molecular flexibility index (Phi) is 6.77. The second-order valence-electron chi connectivity index (χ2n) is 11.8. The number of amides is 1. The number of rotatable bonds is 5. The molecule has 224 valence electrons. The molecule has 4 aromatic carbocycles. The first-order valence-corrected chi connectivity index (χ1v) is 14.9. The molecule has 1 aliphatic carbocycles. The molecule has 7 rings (SSSR count). The standard InChI is InChI=1S/C37H31N3O5/c1-22-6-8-26(18-33(22)38-16-14-24-9-12-29(41)20-31(24)36(38)44)35(43)40(27-4-3-5-27)28-11-7-23(2)34(19-28)39-17-15-25-10-13-30(42)21-32(25)37(39)45/h6-21,27,41-42H,3-5H2,1-2H3. The van der Waals surface area contributed by atoms with Gasteiger partial charge in [-0.05, 0) is 116 Å². The SMILES string of the molecule is Cc1ccc(C(=O)N(c2ccc(C)c(-n3ccc4ccc(O)cc4c3=O)c2)C2CCC2)cc1-n1ccc2ccc(O)cc2c1=O. The van der Waals surface area contributed by atoms with Crippen LogP contribution in [0, 0.1) is 13.8 Å². The average Bonchev–Trinajstić information content (AvgIpc) is 3.01. The minimum Gasteiger partial charge on any atom is -0.508 e. The van der Waals surface area contributed by atoms with Crippen LogP contribution in [-0.4, -0.2) is 31.3 Å². The summed E-state index contributed by atoms with van der Waals surface area (Å²) in [6, 6.07) is 24.1. The van der Waals surface area contributed by atoms with Crippen molar-refractivity contribution in [1.82, 2.24) is 9.13 Å². The second-order valence-corrected chi connectivity index (χ2v) is 11.8. The highest BCUT2D eigenvalue weighted by molar-refractivity contribution is 6.07. The van der Waals surface area contributed by atoms with Gasteiger partial charge in [0, 0.05) is 29.7 Å². The number of anilines is 1. The van der Waals surface area contributed by atoms with Crippen molar-refractivity contribution in [2.45, 2.75) is 39.2 Å². The maximum atomic E-state index is 14.3. The fourth-order valence-corrected chi connectivity index (χ4v) is 6.12. The van der Waals surface area contributed by atoms with Crippen LogP contribution in [0.15, 0.2) is 107 Å². The van der Waals surface area contributed by atoms with Gasteiger partial charge in [-0.15, -0.1) is 0 Å². The van der Waals surface area contributed by atoms with Gasteiger partial charge in [0.15, 0.2) is 0 Å². The molecule has 0 bridgehead atoms. The van der Waals surface area contributed by atoms with E-state index in [4.69, 9.17) is 0 Å². The maximum absolute atomic E-state index is 14.3. The summed E-state index contributed by atoms with van der Waals surface area (Å²) in [4.78, 5) is 43.2. The lowest BCUT2D eigenvalue weighted by molar-refractivity contribution is 0.0964. The van der Waals surface area contributed by atoms with Crippen LogP contribution < -0.4 is 16.0 Å². The van der Waals surface area contributed by atoms with Crippen LogP contribution in [-0.2, 0) is 0 Å². The van der Waals surface area contributed by atoms with Crippen LogP contribution in [0.2, 0.25) is 0 Å². The first kappa shape index (κ1) is 28.2. The Morgan fingerprint density at radius 1 is 0.689 bits per heavy atom. The highest BCUT2D eigenvalue weighted by Crippen LogP contribution is 2.34. The highest BCUT2D eigenvalue weighted by atomic mass is 16.3. The van der Waals surface area contributed by atoms with Crippen LogP contribution >= 0.6 is 0 Å². The third kappa shape index (κ3) is 4.84. The van der Waals surface area contributed by atoms with Gasteiger partial charge >= 0.3 is 0 Å². The summed E-state index contributed by atoms with van der Waals surface area (Å²) in [5, 5.41) is 22.2. The molecule has 2 aromatic heterocycles. The van der Waals surface area contributed by atoms with Crippen LogP contribution in [0.3, 0.4) is 0 Å². The molecular formula is C37H31N3O5. The van der Waals surface area contributed by atoms with E-state index in [2.05, 4.69) is 0 Å². The quantitative estimate of drug-likeness (QED) is 0.235. The molecule has 0 aliphatic heterocycles. The van der Waals surface area contributed by atoms with E-state index in [-0.39, 0.29) is 34.6 Å². The van der Waals surface area contributed by atoms with Gasteiger partial charge in [0.2, 0.25) is 0 Å². The van der Waals surface area contributed by atoms with Crippen molar-refractivity contribution < 1.29 is 15.0 Å². The number of hydrogen-bond donors (Lipinski definition) is 2. The van der Waals surface area contributed by atoms with E-state index < -0.39 is 0 Å². The van der Waals surface area contributed by atoms with E-state index in [0.717, 1.165) is 35.8 Å². The minimum absolute atomic E-state index is 0.00514. The number of benzene rings is 4. The molecule has 0 unspecified atom stereocenters. The summed E-state index contributed by atoms with van der Waals surface area (Å²) >= 11 is 0. The number of hydrogen-bond acceptors (Lipinski definition) is 5. The van der Waals surface area contributed by atoms with E-state index in [1.165, 1.54) is 16.7 Å². The molecular weight excluding hydrogens is 566 g/mol. The normalized spacial score (nSPS) is 13.2. The fraction of sp³-hybridized carbons (Fsp3) is 0.162. The predicted octanol–water partition coefficient (Wildman–Crippen LogP) is 6.52. The molecule has 0 atom stereocenters. The van der Waals surface area contributed by atoms with Gasteiger partial charge in [-0.25, -0.2) is 0 Å². The van der Waals surface area contributed by atoms with E-state index in [0.29, 0.717) is 38.8 Å². The smallest absolute Gasteiger partial charge is 0.263 e. The lowest BCUT2D eigenvalue weighted by Crippen LogP contribution is -2.44. The van der Waals surface area contributed by atoms with Crippen LogP contribution in [0.25, 0.3) is 32.9 Å². The molecule has 8 heteroatoms. The summed E-state index contributed by atoms with van der Waals surface area (Å²) < 4.78 is 3.06. The molecule has 0 radical (unpaired) electrons. The second kappa shape index (κ2) is 10.8. The zero-order valence-electron chi connectivity index (χ0n) is 24.9. The van der Waals surface area contributed by atoms with Crippen LogP contribution in [0.1, 0.15) is 40.7 Å². The van der Waals surface area contributed by atoms with Gasteiger partial charge in [-0.2, -0.15) is 0 Å². The van der Waals surface area contributed by atoms with E-state index in [1.54, 1.807) is 58.3 Å². The number of pyridine rings is 2. The molecule has 6 aromatic rings. The Bertz CT molecular complexity index is 2280. The lowest BCUT2D eigenvalue weighted by Gasteiger charge is -2.38. The van der Waals surface area contributed by atoms with Gasteiger partial charge in [0.05, 0.1) is 22.1 Å². The van der Waals surface area contributed by atoms with E-state index in [9.17, 15) is 24.6 Å². The summed E-state index contributed by atoms with van der Waals surface area (Å²) in [6.45, 7) is 3.81. The van der Waals surface area contributed by atoms with Crippen molar-refractivity contribution in [2.24, 2.45) is 0 Å². The van der Waals surface area contributed by atoms with E-state index >= 15 is 0 Å². The monoisotopic (exact) mass is 597 g/mol. The number of aromatic hydroxyl groups is 2. The largest absolute Gasteiger partial charge is 0.508 e. The maximum Gasteiger partial charge on any atom is 0.263 e. The zero-order valence-corrected chi connectivity index (χ0v) is 24.9. The first-order valence-electron chi connectivity index (χ1n) is 14.9. The number of carbonyl (C=O) groups is 1. The summed E-state index contributed by atoms with van der Waals surface area (Å²) in [5.41, 5.74) is 3.48. The van der Waals surface area contributed by atoms with Crippen molar-refractivity contribution in [3.8, 4) is 22.9 Å². The number of fused-ring (bicyclic) bond motifs is 2. The van der Waals surface area contributed by atoms with Crippen LogP contribution in [0.5, 0.6) is 11.5 Å². The van der Waals surface area contributed by atoms with Gasteiger partial charge in [-0.1, -0.05) is 24.3 Å². The summed E-state index contributed by atoms with van der Waals surface area (Å²) in [7, 11) is 0. The topological polar surface area (TPSA) is 105 Å². The molecule has 1 fully saturated rings. The van der Waals surface area contributed by atoms with Crippen molar-refractivity contribution in [2.75, 3.05) is 4.90 Å². The number of aromatic nitrogens is 2. The lowest BCUT2D eigenvalue weighted by atomic mass is 9.90. The molecule has 1 aliphatic rings. The number of phenols is 2. The van der Waals surface area contributed by atoms with Crippen LogP contribution in [0.4, 0.5) is 5.69 Å². The fourth-order valence-electron chi connectivity index (χ4n) is 6.12. The first-order chi connectivity index (χ1) is 21.7. The molecule has 2 heterocycles. The number of carbonyl (C=O) groups excluding carboxylic acids is 1. The highest BCUT2D eigenvalue weighted by Gasteiger charge is 2.31. The average molecular weight is 598 g/mol.